The minimum Gasteiger partial charge on any atom is -0.310 e. The van der Waals surface area contributed by atoms with Gasteiger partial charge in [0.15, 0.2) is 0 Å². The Balaban J connectivity index is 0.844. The summed E-state index contributed by atoms with van der Waals surface area (Å²) in [5.41, 5.74) is 24.1. The molecule has 0 aliphatic heterocycles. The summed E-state index contributed by atoms with van der Waals surface area (Å²) in [5.74, 6) is 0. The lowest BCUT2D eigenvalue weighted by Gasteiger charge is -2.34. The van der Waals surface area contributed by atoms with Crippen molar-refractivity contribution in [2.24, 2.45) is 0 Å². The van der Waals surface area contributed by atoms with Gasteiger partial charge in [-0.15, -0.1) is 0 Å². The van der Waals surface area contributed by atoms with Gasteiger partial charge < -0.3 is 9.47 Å². The summed E-state index contributed by atoms with van der Waals surface area (Å²) in [5, 5.41) is 7.51. The second kappa shape index (κ2) is 17.8. The minimum absolute atomic E-state index is 0.0893. The van der Waals surface area contributed by atoms with Crippen molar-refractivity contribution < 1.29 is 0 Å². The molecule has 1 aromatic heterocycles. The Labute approximate surface area is 466 Å². The molecule has 0 saturated carbocycles. The van der Waals surface area contributed by atoms with E-state index >= 15 is 0 Å². The molecule has 0 saturated heterocycles. The maximum atomic E-state index is 2.50. The summed E-state index contributed by atoms with van der Waals surface area (Å²) in [7, 11) is 0. The van der Waals surface area contributed by atoms with Gasteiger partial charge in [-0.2, -0.15) is 0 Å². The number of hydrogen-bond acceptors (Lipinski definition) is 1. The zero-order valence-electron chi connectivity index (χ0n) is 44.6. The Morgan fingerprint density at radius 3 is 1.48 bits per heavy atom. The highest BCUT2D eigenvalue weighted by atomic mass is 15.1. The first-order valence-corrected chi connectivity index (χ1v) is 28.0. The normalized spacial score (nSPS) is 13.6. The second-order valence-electron chi connectivity index (χ2n) is 22.4. The number of benzene rings is 13. The van der Waals surface area contributed by atoms with E-state index in [4.69, 9.17) is 0 Å². The summed E-state index contributed by atoms with van der Waals surface area (Å²) < 4.78 is 2.44. The molecule has 16 rings (SSSR count). The molecule has 2 nitrogen and oxygen atoms in total. The fraction of sp³-hybridized carbons (Fsp3) is 0.0513. The van der Waals surface area contributed by atoms with Gasteiger partial charge in [0.05, 0.1) is 16.4 Å². The first-order chi connectivity index (χ1) is 39.4. The number of nitrogens with zero attached hydrogens (tertiary/aromatic N) is 2. The molecule has 0 N–H and O–H groups in total. The van der Waals surface area contributed by atoms with Crippen molar-refractivity contribution in [2.45, 2.75) is 24.7 Å². The van der Waals surface area contributed by atoms with Gasteiger partial charge in [-0.05, 0) is 178 Å². The molecule has 0 amide bonds. The summed E-state index contributed by atoms with van der Waals surface area (Å²) in [6.07, 6.45) is 0. The number of para-hydroxylation sites is 1. The third-order valence-corrected chi connectivity index (χ3v) is 17.9. The Morgan fingerprint density at radius 2 is 0.787 bits per heavy atom. The quantitative estimate of drug-likeness (QED) is 0.138. The van der Waals surface area contributed by atoms with Crippen molar-refractivity contribution >= 4 is 60.4 Å². The zero-order chi connectivity index (χ0) is 53.1. The Kier molecular flexibility index (Phi) is 10.2. The standard InChI is InChI=1S/C78H54N2/c1-77(2)71-30-16-13-29-66(71)68-50-60(43-44-72(68)77)79(59-41-35-52(36-42-59)67-48-54-19-9-10-24-61(54)62-25-11-12-26-63(62)67)58-39-33-51(34-40-58)53-37-45-75-69(47-53)70-49-56(38-46-76(70)80(75)57-22-7-4-8-23-57)78(55-20-5-3-6-21-55)73-31-17-14-27-64(73)65-28-15-18-32-74(65)78/h3-50H,1-2H3. The van der Waals surface area contributed by atoms with E-state index in [0.717, 1.165) is 28.3 Å². The van der Waals surface area contributed by atoms with Crippen LogP contribution in [0.1, 0.15) is 47.2 Å². The second-order valence-corrected chi connectivity index (χ2v) is 22.4. The van der Waals surface area contributed by atoms with Crippen molar-refractivity contribution in [1.82, 2.24) is 4.57 Å². The van der Waals surface area contributed by atoms with Crippen molar-refractivity contribution in [2.75, 3.05) is 4.90 Å². The average Bonchev–Trinajstić information content (AvgIpc) is 4.30. The maximum Gasteiger partial charge on any atom is 0.0713 e. The highest BCUT2D eigenvalue weighted by Gasteiger charge is 2.46. The number of hydrogen-bond donors (Lipinski definition) is 0. The van der Waals surface area contributed by atoms with Gasteiger partial charge >= 0.3 is 0 Å². The van der Waals surface area contributed by atoms with Gasteiger partial charge in [-0.3, -0.25) is 0 Å². The SMILES string of the molecule is CC1(C)c2ccccc2-c2cc(N(c3ccc(-c4ccc5c(c4)c4cc(C6(c7ccccc7)c7ccccc7-c7ccccc76)ccc4n5-c4ccccc4)cc3)c3ccc(-c4cc5ccccc5c5ccccc45)cc3)ccc21. The highest BCUT2D eigenvalue weighted by molar-refractivity contribution is 6.14. The van der Waals surface area contributed by atoms with E-state index in [1.54, 1.807) is 0 Å². The van der Waals surface area contributed by atoms with Crippen molar-refractivity contribution in [3.63, 3.8) is 0 Å². The lowest BCUT2D eigenvalue weighted by molar-refractivity contribution is 0.660. The van der Waals surface area contributed by atoms with Gasteiger partial charge in [0.2, 0.25) is 0 Å². The molecule has 2 heteroatoms. The number of aromatic nitrogens is 1. The van der Waals surface area contributed by atoms with E-state index in [2.05, 4.69) is 315 Å². The van der Waals surface area contributed by atoms with Crippen LogP contribution in [0.5, 0.6) is 0 Å². The van der Waals surface area contributed by atoms with E-state index in [0.29, 0.717) is 0 Å². The molecule has 14 aromatic rings. The van der Waals surface area contributed by atoms with Crippen molar-refractivity contribution in [3.8, 4) is 50.2 Å². The third kappa shape index (κ3) is 6.79. The first kappa shape index (κ1) is 46.1. The molecule has 2 aliphatic carbocycles. The largest absolute Gasteiger partial charge is 0.310 e. The van der Waals surface area contributed by atoms with Crippen LogP contribution in [-0.2, 0) is 10.8 Å². The van der Waals surface area contributed by atoms with Gasteiger partial charge in [-0.1, -0.05) is 226 Å². The molecular formula is C78H54N2. The topological polar surface area (TPSA) is 8.17 Å². The molecule has 0 spiro atoms. The predicted molar refractivity (Wildman–Crippen MR) is 336 cm³/mol. The van der Waals surface area contributed by atoms with Gasteiger partial charge in [0, 0.05) is 38.9 Å². The predicted octanol–water partition coefficient (Wildman–Crippen LogP) is 20.6. The van der Waals surface area contributed by atoms with Crippen molar-refractivity contribution in [3.05, 3.63) is 325 Å². The van der Waals surface area contributed by atoms with Crippen LogP contribution in [0, 0.1) is 0 Å². The molecule has 80 heavy (non-hydrogen) atoms. The fourth-order valence-electron chi connectivity index (χ4n) is 14.2. The van der Waals surface area contributed by atoms with Crippen LogP contribution in [-0.4, -0.2) is 4.57 Å². The highest BCUT2D eigenvalue weighted by Crippen LogP contribution is 2.57. The van der Waals surface area contributed by atoms with Crippen LogP contribution < -0.4 is 4.90 Å². The Hall–Kier alpha value is -10.0. The summed E-state index contributed by atoms with van der Waals surface area (Å²) >= 11 is 0. The van der Waals surface area contributed by atoms with Crippen LogP contribution in [0.4, 0.5) is 17.1 Å². The number of fused-ring (bicyclic) bond motifs is 12. The molecule has 13 aromatic carbocycles. The van der Waals surface area contributed by atoms with E-state index in [9.17, 15) is 0 Å². The van der Waals surface area contributed by atoms with Gasteiger partial charge in [-0.25, -0.2) is 0 Å². The van der Waals surface area contributed by atoms with Crippen LogP contribution >= 0.6 is 0 Å². The Morgan fingerprint density at radius 1 is 0.287 bits per heavy atom. The van der Waals surface area contributed by atoms with Crippen molar-refractivity contribution in [1.29, 1.82) is 0 Å². The molecule has 0 bridgehead atoms. The zero-order valence-corrected chi connectivity index (χ0v) is 44.6. The van der Waals surface area contributed by atoms with Gasteiger partial charge in [0.25, 0.3) is 0 Å². The first-order valence-electron chi connectivity index (χ1n) is 28.0. The molecule has 2 aliphatic rings. The summed E-state index contributed by atoms with van der Waals surface area (Å²) in [4.78, 5) is 2.43. The van der Waals surface area contributed by atoms with Crippen LogP contribution in [0.25, 0.3) is 93.5 Å². The van der Waals surface area contributed by atoms with Gasteiger partial charge in [0.1, 0.15) is 0 Å². The lowest BCUT2D eigenvalue weighted by Crippen LogP contribution is -2.28. The van der Waals surface area contributed by atoms with Crippen LogP contribution in [0.15, 0.2) is 291 Å². The van der Waals surface area contributed by atoms with Crippen LogP contribution in [0.2, 0.25) is 0 Å². The monoisotopic (exact) mass is 1020 g/mol. The smallest absolute Gasteiger partial charge is 0.0713 e. The van der Waals surface area contributed by atoms with E-state index in [1.807, 2.05) is 0 Å². The minimum atomic E-state index is -0.507. The molecule has 0 atom stereocenters. The fourth-order valence-corrected chi connectivity index (χ4v) is 14.2. The maximum absolute atomic E-state index is 2.50. The molecular weight excluding hydrogens is 965 g/mol. The molecule has 0 unspecified atom stereocenters. The summed E-state index contributed by atoms with van der Waals surface area (Å²) in [6.45, 7) is 4.71. The Bertz CT molecular complexity index is 4730. The van der Waals surface area contributed by atoms with E-state index in [-0.39, 0.29) is 5.41 Å². The number of anilines is 3. The molecule has 0 radical (unpaired) electrons. The van der Waals surface area contributed by atoms with E-state index in [1.165, 1.54) is 116 Å². The molecule has 0 fully saturated rings. The summed E-state index contributed by atoms with van der Waals surface area (Å²) in [6, 6.07) is 109. The average molecular weight is 1020 g/mol. The molecule has 376 valence electrons. The lowest BCUT2D eigenvalue weighted by atomic mass is 9.67. The molecule has 1 heterocycles. The third-order valence-electron chi connectivity index (χ3n) is 17.9. The number of rotatable bonds is 8. The van der Waals surface area contributed by atoms with E-state index < -0.39 is 5.41 Å². The van der Waals surface area contributed by atoms with Crippen LogP contribution in [0.3, 0.4) is 0 Å².